The second-order valence-corrected chi connectivity index (χ2v) is 5.62. The van der Waals surface area contributed by atoms with Crippen LogP contribution in [0.3, 0.4) is 0 Å². The van der Waals surface area contributed by atoms with Crippen molar-refractivity contribution in [3.05, 3.63) is 71.3 Å². The maximum atomic E-state index is 12.3. The molecule has 2 aromatic rings. The Morgan fingerprint density at radius 1 is 1.19 bits per heavy atom. The molecule has 2 aromatic carbocycles. The molecule has 0 radical (unpaired) electrons. The van der Waals surface area contributed by atoms with Crippen molar-refractivity contribution in [2.45, 2.75) is 11.8 Å². The Morgan fingerprint density at radius 2 is 1.95 bits per heavy atom. The minimum Gasteiger partial charge on any atom is -0.394 e. The van der Waals surface area contributed by atoms with Gasteiger partial charge in [-0.15, -0.1) is 0 Å². The van der Waals surface area contributed by atoms with E-state index in [1.165, 1.54) is 0 Å². The van der Waals surface area contributed by atoms with Gasteiger partial charge in [-0.25, -0.2) is 0 Å². The minimum absolute atomic E-state index is 0.125. The average Bonchev–Trinajstić information content (AvgIpc) is 2.54. The molecule has 2 rings (SSSR count). The largest absolute Gasteiger partial charge is 0.394 e. The molecule has 0 saturated carbocycles. The van der Waals surface area contributed by atoms with Crippen LogP contribution in [0.1, 0.15) is 27.5 Å². The van der Waals surface area contributed by atoms with Gasteiger partial charge in [-0.1, -0.05) is 42.5 Å². The Balaban J connectivity index is 2.11. The first kappa shape index (κ1) is 15.6. The molecule has 0 unspecified atom stereocenters. The predicted octanol–water partition coefficient (Wildman–Crippen LogP) is 3.01. The highest BCUT2D eigenvalue weighted by Gasteiger charge is 2.14. The molecule has 0 aliphatic carbocycles. The fourth-order valence-electron chi connectivity index (χ4n) is 2.13. The lowest BCUT2D eigenvalue weighted by Gasteiger charge is -2.17. The molecule has 0 saturated heterocycles. The van der Waals surface area contributed by atoms with Gasteiger partial charge in [0.05, 0.1) is 12.6 Å². The second-order valence-electron chi connectivity index (χ2n) is 4.75. The number of nitrogens with one attached hydrogen (secondary N) is 1. The van der Waals surface area contributed by atoms with Crippen LogP contribution in [0.15, 0.2) is 54.6 Å². The van der Waals surface area contributed by atoms with E-state index in [-0.39, 0.29) is 18.6 Å². The van der Waals surface area contributed by atoms with Crippen LogP contribution < -0.4 is 5.32 Å². The SMILES string of the molecule is CSCc1cccc(C(=O)N[C@H](CO)c2ccccc2)c1. The third-order valence-corrected chi connectivity index (χ3v) is 3.81. The van der Waals surface area contributed by atoms with Crippen LogP contribution in [0.25, 0.3) is 0 Å². The van der Waals surface area contributed by atoms with Gasteiger partial charge in [-0.2, -0.15) is 11.8 Å². The Morgan fingerprint density at radius 3 is 2.62 bits per heavy atom. The van der Waals surface area contributed by atoms with Crippen LogP contribution in [-0.2, 0) is 5.75 Å². The van der Waals surface area contributed by atoms with Crippen molar-refractivity contribution >= 4 is 17.7 Å². The third-order valence-electron chi connectivity index (χ3n) is 3.19. The van der Waals surface area contributed by atoms with Crippen molar-refractivity contribution in [2.24, 2.45) is 0 Å². The van der Waals surface area contributed by atoms with Gasteiger partial charge >= 0.3 is 0 Å². The molecule has 4 heteroatoms. The number of hydrogen-bond donors (Lipinski definition) is 2. The van der Waals surface area contributed by atoms with Crippen molar-refractivity contribution < 1.29 is 9.90 Å². The highest BCUT2D eigenvalue weighted by atomic mass is 32.2. The van der Waals surface area contributed by atoms with Crippen LogP contribution in [0.5, 0.6) is 0 Å². The summed E-state index contributed by atoms with van der Waals surface area (Å²) in [5, 5.41) is 12.4. The number of aliphatic hydroxyl groups excluding tert-OH is 1. The lowest BCUT2D eigenvalue weighted by atomic mass is 10.1. The number of rotatable bonds is 6. The molecular weight excluding hydrogens is 282 g/mol. The average molecular weight is 301 g/mol. The molecule has 0 aromatic heterocycles. The zero-order valence-corrected chi connectivity index (χ0v) is 12.8. The lowest BCUT2D eigenvalue weighted by molar-refractivity contribution is 0.0916. The van der Waals surface area contributed by atoms with Gasteiger partial charge in [0.2, 0.25) is 0 Å². The highest BCUT2D eigenvalue weighted by Crippen LogP contribution is 2.15. The molecule has 0 bridgehead atoms. The predicted molar refractivity (Wildman–Crippen MR) is 87.4 cm³/mol. The zero-order valence-electron chi connectivity index (χ0n) is 12.0. The van der Waals surface area contributed by atoms with E-state index in [1.54, 1.807) is 17.8 Å². The molecule has 21 heavy (non-hydrogen) atoms. The standard InChI is InChI=1S/C17H19NO2S/c1-21-12-13-6-5-9-15(10-13)17(20)18-16(11-19)14-7-3-2-4-8-14/h2-10,16,19H,11-12H2,1H3,(H,18,20)/t16-/m1/s1. The molecule has 0 aliphatic rings. The summed E-state index contributed by atoms with van der Waals surface area (Å²) < 4.78 is 0. The van der Waals surface area contributed by atoms with Crippen LogP contribution >= 0.6 is 11.8 Å². The number of thioether (sulfide) groups is 1. The van der Waals surface area contributed by atoms with E-state index in [1.807, 2.05) is 54.8 Å². The van der Waals surface area contributed by atoms with E-state index in [2.05, 4.69) is 5.32 Å². The van der Waals surface area contributed by atoms with E-state index in [0.29, 0.717) is 5.56 Å². The topological polar surface area (TPSA) is 49.3 Å². The molecule has 0 aliphatic heterocycles. The Labute approximate surface area is 129 Å². The van der Waals surface area contributed by atoms with Crippen molar-refractivity contribution in [1.82, 2.24) is 5.32 Å². The Bertz CT molecular complexity index is 586. The second kappa shape index (κ2) is 7.86. The normalized spacial score (nSPS) is 11.9. The number of benzene rings is 2. The van der Waals surface area contributed by atoms with E-state index < -0.39 is 0 Å². The molecular formula is C17H19NO2S. The number of carbonyl (C=O) groups is 1. The van der Waals surface area contributed by atoms with Gasteiger partial charge in [-0.05, 0) is 29.5 Å². The maximum absolute atomic E-state index is 12.3. The summed E-state index contributed by atoms with van der Waals surface area (Å²) in [6, 6.07) is 16.7. The summed E-state index contributed by atoms with van der Waals surface area (Å²) >= 11 is 1.72. The number of carbonyl (C=O) groups excluding carboxylic acids is 1. The maximum Gasteiger partial charge on any atom is 0.251 e. The van der Waals surface area contributed by atoms with Gasteiger partial charge in [0.25, 0.3) is 5.91 Å². The summed E-state index contributed by atoms with van der Waals surface area (Å²) in [5.41, 5.74) is 2.64. The van der Waals surface area contributed by atoms with Crippen molar-refractivity contribution in [3.63, 3.8) is 0 Å². The molecule has 1 atom stereocenters. The number of aliphatic hydroxyl groups is 1. The smallest absolute Gasteiger partial charge is 0.251 e. The highest BCUT2D eigenvalue weighted by molar-refractivity contribution is 7.97. The molecule has 1 amide bonds. The molecule has 3 nitrogen and oxygen atoms in total. The molecule has 110 valence electrons. The summed E-state index contributed by atoms with van der Waals surface area (Å²) in [7, 11) is 0. The van der Waals surface area contributed by atoms with Gasteiger partial charge in [0.15, 0.2) is 0 Å². The summed E-state index contributed by atoms with van der Waals surface area (Å²) in [6.07, 6.45) is 2.03. The Hall–Kier alpha value is -1.78. The van der Waals surface area contributed by atoms with E-state index in [0.717, 1.165) is 16.9 Å². The van der Waals surface area contributed by atoms with Crippen molar-refractivity contribution in [2.75, 3.05) is 12.9 Å². The monoisotopic (exact) mass is 301 g/mol. The summed E-state index contributed by atoms with van der Waals surface area (Å²) in [5.74, 6) is 0.712. The quantitative estimate of drug-likeness (QED) is 0.862. The first-order chi connectivity index (χ1) is 10.2. The fraction of sp³-hybridized carbons (Fsp3) is 0.235. The van der Waals surface area contributed by atoms with Crippen LogP contribution in [-0.4, -0.2) is 23.9 Å². The number of amides is 1. The lowest BCUT2D eigenvalue weighted by Crippen LogP contribution is -2.30. The van der Waals surface area contributed by atoms with Gasteiger partial charge < -0.3 is 10.4 Å². The molecule has 0 heterocycles. The summed E-state index contributed by atoms with van der Waals surface area (Å²) in [4.78, 5) is 12.3. The van der Waals surface area contributed by atoms with Crippen LogP contribution in [0.4, 0.5) is 0 Å². The van der Waals surface area contributed by atoms with E-state index in [4.69, 9.17) is 0 Å². The van der Waals surface area contributed by atoms with Crippen molar-refractivity contribution in [3.8, 4) is 0 Å². The summed E-state index contributed by atoms with van der Waals surface area (Å²) in [6.45, 7) is -0.125. The zero-order chi connectivity index (χ0) is 15.1. The number of hydrogen-bond acceptors (Lipinski definition) is 3. The van der Waals surface area contributed by atoms with Crippen LogP contribution in [0.2, 0.25) is 0 Å². The first-order valence-electron chi connectivity index (χ1n) is 6.79. The van der Waals surface area contributed by atoms with Crippen molar-refractivity contribution in [1.29, 1.82) is 0 Å². The van der Waals surface area contributed by atoms with E-state index in [9.17, 15) is 9.90 Å². The molecule has 2 N–H and O–H groups in total. The van der Waals surface area contributed by atoms with Crippen LogP contribution in [0, 0.1) is 0 Å². The molecule has 0 fully saturated rings. The fourth-order valence-corrected chi connectivity index (χ4v) is 2.64. The van der Waals surface area contributed by atoms with Gasteiger partial charge in [0, 0.05) is 11.3 Å². The Kier molecular flexibility index (Phi) is 5.84. The van der Waals surface area contributed by atoms with Gasteiger partial charge in [0.1, 0.15) is 0 Å². The van der Waals surface area contributed by atoms with E-state index >= 15 is 0 Å². The minimum atomic E-state index is -0.386. The first-order valence-corrected chi connectivity index (χ1v) is 8.18. The molecule has 0 spiro atoms. The third kappa shape index (κ3) is 4.34. The van der Waals surface area contributed by atoms with Gasteiger partial charge in [-0.3, -0.25) is 4.79 Å².